The standard InChI is InChI=1S/C20H14F2O2/c21-16-9-15(10-17(22)11-16)18-7-4-8-20(19(18)12-23)24-13-14-5-2-1-3-6-14/h1-12H,13H2. The predicted octanol–water partition coefficient (Wildman–Crippen LogP) is 5.02. The number of hydrogen-bond acceptors (Lipinski definition) is 2. The van der Waals surface area contributed by atoms with E-state index >= 15 is 0 Å². The van der Waals surface area contributed by atoms with Gasteiger partial charge < -0.3 is 4.74 Å². The van der Waals surface area contributed by atoms with Gasteiger partial charge in [0.2, 0.25) is 0 Å². The minimum absolute atomic E-state index is 0.262. The van der Waals surface area contributed by atoms with E-state index in [1.165, 1.54) is 12.1 Å². The molecule has 3 aromatic rings. The van der Waals surface area contributed by atoms with Gasteiger partial charge in [-0.25, -0.2) is 8.78 Å². The van der Waals surface area contributed by atoms with Gasteiger partial charge in [0.1, 0.15) is 24.0 Å². The van der Waals surface area contributed by atoms with Crippen LogP contribution < -0.4 is 4.74 Å². The number of aldehydes is 1. The first kappa shape index (κ1) is 15.9. The van der Waals surface area contributed by atoms with Crippen molar-refractivity contribution in [2.75, 3.05) is 0 Å². The molecule has 0 spiro atoms. The van der Waals surface area contributed by atoms with Crippen LogP contribution >= 0.6 is 0 Å². The molecule has 0 aliphatic carbocycles. The molecule has 0 unspecified atom stereocenters. The molecule has 2 nitrogen and oxygen atoms in total. The molecule has 0 bridgehead atoms. The van der Waals surface area contributed by atoms with Crippen molar-refractivity contribution in [3.8, 4) is 16.9 Å². The van der Waals surface area contributed by atoms with Crippen LogP contribution in [0.15, 0.2) is 66.7 Å². The maximum Gasteiger partial charge on any atom is 0.154 e. The average molecular weight is 324 g/mol. The van der Waals surface area contributed by atoms with Crippen LogP contribution in [0.1, 0.15) is 15.9 Å². The number of ether oxygens (including phenoxy) is 1. The summed E-state index contributed by atoms with van der Waals surface area (Å²) >= 11 is 0. The first-order valence-corrected chi connectivity index (χ1v) is 7.39. The molecule has 0 saturated heterocycles. The Kier molecular flexibility index (Phi) is 4.66. The molecule has 3 aromatic carbocycles. The monoisotopic (exact) mass is 324 g/mol. The third-order valence-corrected chi connectivity index (χ3v) is 3.59. The lowest BCUT2D eigenvalue weighted by Gasteiger charge is -2.12. The molecule has 0 atom stereocenters. The molecule has 0 aliphatic heterocycles. The SMILES string of the molecule is O=Cc1c(OCc2ccccc2)cccc1-c1cc(F)cc(F)c1. The third-order valence-electron chi connectivity index (χ3n) is 3.59. The van der Waals surface area contributed by atoms with E-state index in [1.54, 1.807) is 18.2 Å². The lowest BCUT2D eigenvalue weighted by Crippen LogP contribution is -2.00. The Morgan fingerprint density at radius 3 is 2.25 bits per heavy atom. The molecule has 0 aromatic heterocycles. The molecule has 0 N–H and O–H groups in total. The summed E-state index contributed by atoms with van der Waals surface area (Å²) in [5.74, 6) is -1.02. The summed E-state index contributed by atoms with van der Waals surface area (Å²) in [4.78, 5) is 11.5. The van der Waals surface area contributed by atoms with Crippen LogP contribution in [-0.2, 0) is 6.61 Å². The van der Waals surface area contributed by atoms with Crippen molar-refractivity contribution in [1.29, 1.82) is 0 Å². The van der Waals surface area contributed by atoms with E-state index in [9.17, 15) is 13.6 Å². The number of benzene rings is 3. The Morgan fingerprint density at radius 2 is 1.58 bits per heavy atom. The normalized spacial score (nSPS) is 10.4. The zero-order valence-electron chi connectivity index (χ0n) is 12.7. The lowest BCUT2D eigenvalue weighted by atomic mass is 9.99. The summed E-state index contributed by atoms with van der Waals surface area (Å²) in [6.45, 7) is 0.294. The second kappa shape index (κ2) is 7.04. The van der Waals surface area contributed by atoms with E-state index in [2.05, 4.69) is 0 Å². The van der Waals surface area contributed by atoms with Crippen molar-refractivity contribution in [3.05, 3.63) is 89.5 Å². The molecule has 4 heteroatoms. The van der Waals surface area contributed by atoms with Crippen molar-refractivity contribution < 1.29 is 18.3 Å². The average Bonchev–Trinajstić information content (AvgIpc) is 2.59. The summed E-state index contributed by atoms with van der Waals surface area (Å²) < 4.78 is 32.6. The first-order chi connectivity index (χ1) is 11.7. The number of carbonyl (C=O) groups is 1. The molecule has 120 valence electrons. The fourth-order valence-electron chi connectivity index (χ4n) is 2.49. The lowest BCUT2D eigenvalue weighted by molar-refractivity contribution is 0.111. The number of carbonyl (C=O) groups excluding carboxylic acids is 1. The molecular formula is C20H14F2O2. The van der Waals surface area contributed by atoms with Gasteiger partial charge in [-0.2, -0.15) is 0 Å². The van der Waals surface area contributed by atoms with Crippen LogP contribution in [0, 0.1) is 11.6 Å². The smallest absolute Gasteiger partial charge is 0.154 e. The molecule has 24 heavy (non-hydrogen) atoms. The Balaban J connectivity index is 1.95. The van der Waals surface area contributed by atoms with Gasteiger partial charge in [0.25, 0.3) is 0 Å². The summed E-state index contributed by atoms with van der Waals surface area (Å²) in [6, 6.07) is 17.7. The van der Waals surface area contributed by atoms with Crippen LogP contribution in [0.5, 0.6) is 5.75 Å². The van der Waals surface area contributed by atoms with Gasteiger partial charge in [-0.15, -0.1) is 0 Å². The van der Waals surface area contributed by atoms with Gasteiger partial charge in [0, 0.05) is 6.07 Å². The van der Waals surface area contributed by atoms with Crippen LogP contribution in [0.4, 0.5) is 8.78 Å². The van der Waals surface area contributed by atoms with Crippen LogP contribution in [0.2, 0.25) is 0 Å². The summed E-state index contributed by atoms with van der Waals surface area (Å²) in [5, 5.41) is 0. The van der Waals surface area contributed by atoms with Crippen LogP contribution in [0.3, 0.4) is 0 Å². The largest absolute Gasteiger partial charge is 0.488 e. The molecule has 0 aliphatic rings. The maximum atomic E-state index is 13.5. The van der Waals surface area contributed by atoms with Crippen molar-refractivity contribution >= 4 is 6.29 Å². The Morgan fingerprint density at radius 1 is 0.875 bits per heavy atom. The number of hydrogen-bond donors (Lipinski definition) is 0. The predicted molar refractivity (Wildman–Crippen MR) is 88.0 cm³/mol. The Hall–Kier alpha value is -3.01. The van der Waals surface area contributed by atoms with Gasteiger partial charge in [0.15, 0.2) is 6.29 Å². The molecule has 0 heterocycles. The van der Waals surface area contributed by atoms with Crippen molar-refractivity contribution in [3.63, 3.8) is 0 Å². The van der Waals surface area contributed by atoms with Crippen LogP contribution in [-0.4, -0.2) is 6.29 Å². The first-order valence-electron chi connectivity index (χ1n) is 7.39. The second-order valence-electron chi connectivity index (χ2n) is 5.27. The van der Waals surface area contributed by atoms with Gasteiger partial charge in [-0.3, -0.25) is 4.79 Å². The quantitative estimate of drug-likeness (QED) is 0.616. The topological polar surface area (TPSA) is 26.3 Å². The highest BCUT2D eigenvalue weighted by Crippen LogP contribution is 2.31. The second-order valence-corrected chi connectivity index (χ2v) is 5.27. The zero-order chi connectivity index (χ0) is 16.9. The maximum absolute atomic E-state index is 13.5. The minimum Gasteiger partial charge on any atom is -0.488 e. The van der Waals surface area contributed by atoms with Crippen molar-refractivity contribution in [2.45, 2.75) is 6.61 Å². The van der Waals surface area contributed by atoms with Gasteiger partial charge in [-0.1, -0.05) is 42.5 Å². The van der Waals surface area contributed by atoms with Gasteiger partial charge in [0.05, 0.1) is 5.56 Å². The molecule has 3 rings (SSSR count). The van der Waals surface area contributed by atoms with Crippen molar-refractivity contribution in [2.24, 2.45) is 0 Å². The summed E-state index contributed by atoms with van der Waals surface area (Å²) in [6.07, 6.45) is 0.637. The van der Waals surface area contributed by atoms with E-state index < -0.39 is 11.6 Å². The molecule has 0 amide bonds. The van der Waals surface area contributed by atoms with Gasteiger partial charge >= 0.3 is 0 Å². The highest BCUT2D eigenvalue weighted by molar-refractivity contribution is 5.91. The Bertz CT molecular complexity index is 841. The minimum atomic E-state index is -0.697. The van der Waals surface area contributed by atoms with E-state index in [4.69, 9.17) is 4.74 Å². The highest BCUT2D eigenvalue weighted by atomic mass is 19.1. The third kappa shape index (κ3) is 3.49. The number of rotatable bonds is 5. The van der Waals surface area contributed by atoms with E-state index in [-0.39, 0.29) is 5.56 Å². The molecule has 0 radical (unpaired) electrons. The van der Waals surface area contributed by atoms with Gasteiger partial charge in [-0.05, 0) is 34.9 Å². The Labute approximate surface area is 138 Å². The fraction of sp³-hybridized carbons (Fsp3) is 0.0500. The molecule has 0 saturated carbocycles. The molecule has 0 fully saturated rings. The summed E-state index contributed by atoms with van der Waals surface area (Å²) in [7, 11) is 0. The highest BCUT2D eigenvalue weighted by Gasteiger charge is 2.12. The van der Waals surface area contributed by atoms with E-state index in [0.29, 0.717) is 29.8 Å². The summed E-state index contributed by atoms with van der Waals surface area (Å²) in [5.41, 5.74) is 1.93. The molecular weight excluding hydrogens is 310 g/mol. The zero-order valence-corrected chi connectivity index (χ0v) is 12.7. The van der Waals surface area contributed by atoms with Crippen LogP contribution in [0.25, 0.3) is 11.1 Å². The van der Waals surface area contributed by atoms with Crippen molar-refractivity contribution in [1.82, 2.24) is 0 Å². The van der Waals surface area contributed by atoms with E-state index in [0.717, 1.165) is 11.6 Å². The number of halogens is 2. The van der Waals surface area contributed by atoms with E-state index in [1.807, 2.05) is 30.3 Å². The fourth-order valence-corrected chi connectivity index (χ4v) is 2.49.